The van der Waals surface area contributed by atoms with Crippen LogP contribution in [0.25, 0.3) is 0 Å². The molecule has 0 bridgehead atoms. The third-order valence-corrected chi connectivity index (χ3v) is 5.64. The predicted molar refractivity (Wildman–Crippen MR) is 143 cm³/mol. The van der Waals surface area contributed by atoms with Crippen molar-refractivity contribution >= 4 is 23.3 Å². The second kappa shape index (κ2) is 13.7. The van der Waals surface area contributed by atoms with Gasteiger partial charge < -0.3 is 10.1 Å². The van der Waals surface area contributed by atoms with Crippen molar-refractivity contribution in [3.05, 3.63) is 88.6 Å². The molecular weight excluding hydrogens is 588 g/mol. The van der Waals surface area contributed by atoms with Crippen LogP contribution in [0.2, 0.25) is 0 Å². The average Bonchev–Trinajstić information content (AvgIpc) is 2.97. The third-order valence-electron chi connectivity index (χ3n) is 5.64. The highest BCUT2D eigenvalue weighted by molar-refractivity contribution is 5.98. The molecule has 0 aliphatic carbocycles. The maximum Gasteiger partial charge on any atom is 0.426 e. The Hall–Kier alpha value is -4.47. The first-order valence-electron chi connectivity index (χ1n) is 15.0. The van der Waals surface area contributed by atoms with Crippen LogP contribution in [-0.2, 0) is 22.3 Å². The molecule has 0 radical (unpaired) electrons. The van der Waals surface area contributed by atoms with Crippen molar-refractivity contribution in [3.63, 3.8) is 0 Å². The second-order valence-electron chi connectivity index (χ2n) is 8.86. The molecule has 2 aromatic rings. The molecule has 43 heavy (non-hydrogen) atoms. The Kier molecular flexibility index (Phi) is 8.32. The topological polar surface area (TPSA) is 135 Å². The molecule has 0 aliphatic heterocycles. The molecule has 0 saturated heterocycles. The van der Waals surface area contributed by atoms with E-state index < -0.39 is 103 Å². The number of aromatic nitrogens is 1. The van der Waals surface area contributed by atoms with Crippen LogP contribution in [-0.4, -0.2) is 39.0 Å². The number of rotatable bonds is 13. The molecular formula is C27H29F6N5O5. The molecule has 0 aliphatic rings. The van der Waals surface area contributed by atoms with E-state index >= 15 is 0 Å². The van der Waals surface area contributed by atoms with Crippen LogP contribution in [0.15, 0.2) is 61.7 Å². The minimum absolute atomic E-state index is 0.206. The number of pyridine rings is 1. The van der Waals surface area contributed by atoms with E-state index in [2.05, 4.69) is 18.1 Å². The lowest BCUT2D eigenvalue weighted by Crippen LogP contribution is -2.61. The summed E-state index contributed by atoms with van der Waals surface area (Å²) in [5.74, 6) is -5.67. The van der Waals surface area contributed by atoms with E-state index in [1.165, 1.54) is 35.1 Å². The molecule has 3 N–H and O–H groups in total. The minimum atomic E-state index is -5.57. The quantitative estimate of drug-likeness (QED) is 0.107. The lowest BCUT2D eigenvalue weighted by Gasteiger charge is -2.34. The first kappa shape index (κ1) is 26.2. The van der Waals surface area contributed by atoms with Gasteiger partial charge in [-0.05, 0) is 38.5 Å². The van der Waals surface area contributed by atoms with E-state index in [0.717, 1.165) is 12.2 Å². The summed E-state index contributed by atoms with van der Waals surface area (Å²) in [7, 11) is 0. The van der Waals surface area contributed by atoms with Crippen LogP contribution in [0.3, 0.4) is 0 Å². The zero-order chi connectivity index (χ0) is 37.6. The van der Waals surface area contributed by atoms with E-state index in [1.54, 1.807) is 11.4 Å². The Bertz CT molecular complexity index is 1540. The van der Waals surface area contributed by atoms with Gasteiger partial charge in [0.1, 0.15) is 11.4 Å². The summed E-state index contributed by atoms with van der Waals surface area (Å²) < 4.78 is 137. The van der Waals surface area contributed by atoms with Crippen LogP contribution in [0.4, 0.5) is 37.8 Å². The number of amides is 2. The lowest BCUT2D eigenvalue weighted by atomic mass is 9.95. The first-order valence-corrected chi connectivity index (χ1v) is 12.0. The summed E-state index contributed by atoms with van der Waals surface area (Å²) in [6, 6.07) is 7.01. The number of hydrogen-bond acceptors (Lipinski definition) is 7. The fourth-order valence-corrected chi connectivity index (χ4v) is 3.55. The number of nitrogens with one attached hydrogen (secondary N) is 3. The predicted octanol–water partition coefficient (Wildman–Crippen LogP) is 6.02. The van der Waals surface area contributed by atoms with E-state index in [0.29, 0.717) is 0 Å². The monoisotopic (exact) mass is 623 g/mol. The molecule has 0 spiro atoms. The normalized spacial score (nSPS) is 16.0. The van der Waals surface area contributed by atoms with Crippen LogP contribution >= 0.6 is 0 Å². The van der Waals surface area contributed by atoms with Gasteiger partial charge in [0.15, 0.2) is 0 Å². The van der Waals surface area contributed by atoms with Gasteiger partial charge in [0.2, 0.25) is 11.3 Å². The van der Waals surface area contributed by atoms with Crippen molar-refractivity contribution in [2.24, 2.45) is 0 Å². The molecule has 16 heteroatoms. The second-order valence-corrected chi connectivity index (χ2v) is 8.86. The first-order chi connectivity index (χ1) is 22.4. The summed E-state index contributed by atoms with van der Waals surface area (Å²) in [5.41, 5.74) is -9.24. The summed E-state index contributed by atoms with van der Waals surface area (Å²) in [5, 5.41) is 13.4. The number of alkyl halides is 6. The van der Waals surface area contributed by atoms with Gasteiger partial charge in [-0.3, -0.25) is 30.6 Å². The average molecular weight is 624 g/mol. The number of benzene rings is 1. The molecule has 0 saturated carbocycles. The highest BCUT2D eigenvalue weighted by Gasteiger charge is 2.61. The fourth-order valence-electron chi connectivity index (χ4n) is 3.55. The zero-order valence-corrected chi connectivity index (χ0v) is 22.1. The molecule has 1 aromatic carbocycles. The van der Waals surface area contributed by atoms with Crippen LogP contribution in [0.5, 0.6) is 0 Å². The Labute approximate surface area is 250 Å². The highest BCUT2D eigenvalue weighted by Crippen LogP contribution is 2.40. The highest BCUT2D eigenvalue weighted by atomic mass is 19.4. The summed E-state index contributed by atoms with van der Waals surface area (Å²) >= 11 is 0. The molecule has 10 nitrogen and oxygen atoms in total. The van der Waals surface area contributed by atoms with Gasteiger partial charge in [-0.25, -0.2) is 4.98 Å². The Morgan fingerprint density at radius 1 is 1.09 bits per heavy atom. The molecule has 0 unspecified atom stereocenters. The minimum Gasteiger partial charge on any atom is -0.364 e. The molecule has 1 heterocycles. The SMILES string of the molecule is [2H]C([2H])([2H])C(CC=C)(Nc1nc(C(=O)NNC(=O)[C@@](CCC=C)(OCc2ccccc2)C(F)(F)F)c([N+](=O)[O-])cc1C(F)(F)F)C([2H])([2H])[2H]. The van der Waals surface area contributed by atoms with Crippen molar-refractivity contribution in [2.75, 3.05) is 5.32 Å². The maximum atomic E-state index is 14.4. The van der Waals surface area contributed by atoms with Gasteiger partial charge >= 0.3 is 18.0 Å². The summed E-state index contributed by atoms with van der Waals surface area (Å²) in [4.78, 5) is 39.6. The largest absolute Gasteiger partial charge is 0.426 e. The molecule has 1 atom stereocenters. The zero-order valence-electron chi connectivity index (χ0n) is 28.1. The Morgan fingerprint density at radius 3 is 2.26 bits per heavy atom. The summed E-state index contributed by atoms with van der Waals surface area (Å²) in [6.45, 7) is -1.48. The molecule has 234 valence electrons. The van der Waals surface area contributed by atoms with Gasteiger partial charge in [0.25, 0.3) is 11.8 Å². The van der Waals surface area contributed by atoms with Crippen molar-refractivity contribution in [1.82, 2.24) is 15.8 Å². The van der Waals surface area contributed by atoms with Crippen molar-refractivity contribution in [3.8, 4) is 0 Å². The van der Waals surface area contributed by atoms with Gasteiger partial charge in [-0.2, -0.15) is 26.3 Å². The molecule has 0 fully saturated rings. The molecule has 2 amide bonds. The van der Waals surface area contributed by atoms with Crippen LogP contribution in [0, 0.1) is 10.1 Å². The fraction of sp³-hybridized carbons (Fsp3) is 0.370. The van der Waals surface area contributed by atoms with Crippen molar-refractivity contribution in [1.29, 1.82) is 0 Å². The number of nitro groups is 1. The van der Waals surface area contributed by atoms with Gasteiger partial charge in [-0.15, -0.1) is 13.2 Å². The third kappa shape index (κ3) is 8.76. The number of anilines is 1. The van der Waals surface area contributed by atoms with Crippen LogP contribution in [0.1, 0.15) is 62.8 Å². The Balaban J connectivity index is 2.67. The number of halogens is 6. The molecule has 1 aromatic heterocycles. The standard InChI is InChI=1S/C27H29F6N5O5/c1-5-7-14-25(27(31,32)33,43-16-17-11-9-8-10-12-17)23(40)37-36-22(39)20-19(38(41)42)15-18(26(28,29)30)21(34-20)35-24(3,4)13-6-2/h5-6,8-12,15H,1-2,7,13-14,16H2,3-4H3,(H,34,35)(H,36,39)(H,37,40)/t25-/m1/s1/i3D3,4D3. The van der Waals surface area contributed by atoms with E-state index in [4.69, 9.17) is 13.0 Å². The smallest absolute Gasteiger partial charge is 0.364 e. The lowest BCUT2D eigenvalue weighted by molar-refractivity contribution is -0.385. The molecule has 2 rings (SSSR count). The van der Waals surface area contributed by atoms with Gasteiger partial charge in [0, 0.05) is 19.8 Å². The maximum absolute atomic E-state index is 14.4. The van der Waals surface area contributed by atoms with Gasteiger partial charge in [-0.1, -0.05) is 42.5 Å². The van der Waals surface area contributed by atoms with Gasteiger partial charge in [0.05, 0.1) is 11.5 Å². The number of hydrazine groups is 1. The Morgan fingerprint density at radius 2 is 1.74 bits per heavy atom. The summed E-state index contributed by atoms with van der Waals surface area (Å²) in [6.07, 6.45) is -11.8. The number of ether oxygens (including phenoxy) is 1. The van der Waals surface area contributed by atoms with E-state index in [9.17, 15) is 46.0 Å². The van der Waals surface area contributed by atoms with Crippen molar-refractivity contribution in [2.45, 2.75) is 63.1 Å². The van der Waals surface area contributed by atoms with Crippen molar-refractivity contribution < 1.29 is 53.8 Å². The number of hydrogen-bond donors (Lipinski definition) is 3. The number of allylic oxidation sites excluding steroid dienone is 1. The number of carbonyl (C=O) groups is 2. The van der Waals surface area contributed by atoms with Crippen LogP contribution < -0.4 is 16.2 Å². The number of carbonyl (C=O) groups excluding carboxylic acids is 2. The van der Waals surface area contributed by atoms with E-state index in [1.807, 2.05) is 0 Å². The number of nitrogens with zero attached hydrogens (tertiary/aromatic N) is 2. The van der Waals surface area contributed by atoms with E-state index in [-0.39, 0.29) is 11.6 Å².